The third-order valence-corrected chi connectivity index (χ3v) is 4.53. The SMILES string of the molecule is Cc1ccc(CC(=O)C2(O)CCC(C)CC2)c(Cl)c1. The number of halogens is 1. The van der Waals surface area contributed by atoms with Crippen LogP contribution in [0.3, 0.4) is 0 Å². The Morgan fingerprint density at radius 1 is 1.42 bits per heavy atom. The number of aliphatic hydroxyl groups is 1. The van der Waals surface area contributed by atoms with Gasteiger partial charge in [-0.2, -0.15) is 0 Å². The summed E-state index contributed by atoms with van der Waals surface area (Å²) in [6.45, 7) is 4.13. The Morgan fingerprint density at radius 2 is 2.05 bits per heavy atom. The Kier molecular flexibility index (Phi) is 4.32. The highest BCUT2D eigenvalue weighted by Gasteiger charge is 2.38. The molecule has 1 aromatic rings. The minimum atomic E-state index is -1.14. The topological polar surface area (TPSA) is 37.3 Å². The summed E-state index contributed by atoms with van der Waals surface area (Å²) in [6, 6.07) is 5.68. The van der Waals surface area contributed by atoms with Crippen LogP contribution in [0.5, 0.6) is 0 Å². The van der Waals surface area contributed by atoms with Gasteiger partial charge in [-0.1, -0.05) is 30.7 Å². The maximum absolute atomic E-state index is 12.3. The molecule has 3 heteroatoms. The van der Waals surface area contributed by atoms with Crippen LogP contribution >= 0.6 is 11.6 Å². The van der Waals surface area contributed by atoms with Crippen molar-refractivity contribution in [1.29, 1.82) is 0 Å². The molecule has 0 heterocycles. The number of Topliss-reactive ketones (excluding diaryl/α,β-unsaturated/α-hetero) is 1. The van der Waals surface area contributed by atoms with Crippen molar-refractivity contribution in [2.75, 3.05) is 0 Å². The number of hydrogen-bond donors (Lipinski definition) is 1. The van der Waals surface area contributed by atoms with Crippen LogP contribution in [-0.2, 0) is 11.2 Å². The first kappa shape index (κ1) is 14.5. The van der Waals surface area contributed by atoms with E-state index in [2.05, 4.69) is 6.92 Å². The number of carbonyl (C=O) groups is 1. The van der Waals surface area contributed by atoms with Crippen LogP contribution in [0.1, 0.15) is 43.7 Å². The van der Waals surface area contributed by atoms with Crippen molar-refractivity contribution in [3.05, 3.63) is 34.3 Å². The van der Waals surface area contributed by atoms with Crippen molar-refractivity contribution >= 4 is 17.4 Å². The molecule has 0 radical (unpaired) electrons. The smallest absolute Gasteiger partial charge is 0.168 e. The van der Waals surface area contributed by atoms with Gasteiger partial charge in [-0.15, -0.1) is 0 Å². The summed E-state index contributed by atoms with van der Waals surface area (Å²) in [5.74, 6) is 0.515. The summed E-state index contributed by atoms with van der Waals surface area (Å²) >= 11 is 6.15. The fraction of sp³-hybridized carbons (Fsp3) is 0.562. The third-order valence-electron chi connectivity index (χ3n) is 4.18. The van der Waals surface area contributed by atoms with E-state index in [4.69, 9.17) is 11.6 Å². The quantitative estimate of drug-likeness (QED) is 0.917. The van der Waals surface area contributed by atoms with Crippen molar-refractivity contribution in [3.63, 3.8) is 0 Å². The number of ketones is 1. The average molecular weight is 281 g/mol. The Morgan fingerprint density at radius 3 is 2.63 bits per heavy atom. The minimum Gasteiger partial charge on any atom is -0.382 e. The number of aryl methyl sites for hydroxylation is 1. The zero-order valence-electron chi connectivity index (χ0n) is 11.6. The largest absolute Gasteiger partial charge is 0.382 e. The lowest BCUT2D eigenvalue weighted by Crippen LogP contribution is -2.42. The molecular formula is C16H21ClO2. The Labute approximate surface area is 119 Å². The second kappa shape index (κ2) is 5.64. The lowest BCUT2D eigenvalue weighted by atomic mass is 9.76. The van der Waals surface area contributed by atoms with Crippen molar-refractivity contribution in [3.8, 4) is 0 Å². The second-order valence-electron chi connectivity index (χ2n) is 5.91. The van der Waals surface area contributed by atoms with Crippen molar-refractivity contribution in [1.82, 2.24) is 0 Å². The van der Waals surface area contributed by atoms with E-state index in [1.54, 1.807) is 0 Å². The van der Waals surface area contributed by atoms with Gasteiger partial charge in [0.15, 0.2) is 5.78 Å². The lowest BCUT2D eigenvalue weighted by molar-refractivity contribution is -0.140. The molecule has 1 aliphatic rings. The van der Waals surface area contributed by atoms with Gasteiger partial charge in [0.25, 0.3) is 0 Å². The van der Waals surface area contributed by atoms with Gasteiger partial charge in [0, 0.05) is 11.4 Å². The monoisotopic (exact) mass is 280 g/mol. The number of rotatable bonds is 3. The molecule has 1 fully saturated rings. The van der Waals surface area contributed by atoms with E-state index < -0.39 is 5.60 Å². The zero-order valence-corrected chi connectivity index (χ0v) is 12.3. The first-order valence-electron chi connectivity index (χ1n) is 6.91. The van der Waals surface area contributed by atoms with Crippen LogP contribution in [0.25, 0.3) is 0 Å². The van der Waals surface area contributed by atoms with Gasteiger partial charge < -0.3 is 5.11 Å². The first-order valence-corrected chi connectivity index (χ1v) is 7.29. The number of carbonyl (C=O) groups excluding carboxylic acids is 1. The van der Waals surface area contributed by atoms with Gasteiger partial charge >= 0.3 is 0 Å². The van der Waals surface area contributed by atoms with E-state index in [1.165, 1.54) is 0 Å². The van der Waals surface area contributed by atoms with E-state index in [0.717, 1.165) is 24.0 Å². The van der Waals surface area contributed by atoms with Crippen LogP contribution in [-0.4, -0.2) is 16.5 Å². The second-order valence-corrected chi connectivity index (χ2v) is 6.32. The molecule has 1 N–H and O–H groups in total. The van der Waals surface area contributed by atoms with Gasteiger partial charge in [-0.05, 0) is 55.7 Å². The Bertz CT molecular complexity index is 474. The summed E-state index contributed by atoms with van der Waals surface area (Å²) < 4.78 is 0. The standard InChI is InChI=1S/C16H21ClO2/c1-11-5-7-16(19,8-6-11)15(18)10-13-4-3-12(2)9-14(13)17/h3-4,9,11,19H,5-8,10H2,1-2H3. The van der Waals surface area contributed by atoms with Crippen molar-refractivity contribution < 1.29 is 9.90 Å². The molecule has 104 valence electrons. The Hall–Kier alpha value is -0.860. The van der Waals surface area contributed by atoms with Gasteiger partial charge in [0.2, 0.25) is 0 Å². The predicted molar refractivity (Wildman–Crippen MR) is 77.5 cm³/mol. The van der Waals surface area contributed by atoms with Crippen molar-refractivity contribution in [2.45, 2.75) is 51.6 Å². The van der Waals surface area contributed by atoms with Crippen LogP contribution in [0, 0.1) is 12.8 Å². The molecule has 2 nitrogen and oxygen atoms in total. The van der Waals surface area contributed by atoms with Gasteiger partial charge in [-0.25, -0.2) is 0 Å². The third kappa shape index (κ3) is 3.37. The molecule has 0 spiro atoms. The van der Waals surface area contributed by atoms with Crippen LogP contribution in [0.2, 0.25) is 5.02 Å². The molecule has 0 amide bonds. The number of hydrogen-bond acceptors (Lipinski definition) is 2. The van der Waals surface area contributed by atoms with Gasteiger partial charge in [0.05, 0.1) is 0 Å². The van der Waals surface area contributed by atoms with E-state index in [1.807, 2.05) is 25.1 Å². The van der Waals surface area contributed by atoms with Gasteiger partial charge in [0.1, 0.15) is 5.60 Å². The van der Waals surface area contributed by atoms with E-state index >= 15 is 0 Å². The highest BCUT2D eigenvalue weighted by Crippen LogP contribution is 2.33. The van der Waals surface area contributed by atoms with E-state index in [-0.39, 0.29) is 12.2 Å². The molecule has 1 aliphatic carbocycles. The Balaban J connectivity index is 2.08. The molecule has 1 saturated carbocycles. The fourth-order valence-corrected chi connectivity index (χ4v) is 2.95. The molecule has 0 bridgehead atoms. The highest BCUT2D eigenvalue weighted by molar-refractivity contribution is 6.31. The molecular weight excluding hydrogens is 260 g/mol. The summed E-state index contributed by atoms with van der Waals surface area (Å²) in [5.41, 5.74) is 0.747. The fourth-order valence-electron chi connectivity index (χ4n) is 2.65. The molecule has 2 rings (SSSR count). The van der Waals surface area contributed by atoms with E-state index in [0.29, 0.717) is 23.8 Å². The van der Waals surface area contributed by atoms with Gasteiger partial charge in [-0.3, -0.25) is 4.79 Å². The summed E-state index contributed by atoms with van der Waals surface area (Å²) in [7, 11) is 0. The molecule has 1 aromatic carbocycles. The molecule has 0 saturated heterocycles. The normalized spacial score (nSPS) is 27.3. The molecule has 0 aromatic heterocycles. The number of benzene rings is 1. The first-order chi connectivity index (χ1) is 8.90. The van der Waals surface area contributed by atoms with Crippen LogP contribution < -0.4 is 0 Å². The van der Waals surface area contributed by atoms with Crippen molar-refractivity contribution in [2.24, 2.45) is 5.92 Å². The summed E-state index contributed by atoms with van der Waals surface area (Å²) in [6.07, 6.45) is 3.23. The average Bonchev–Trinajstić information content (AvgIpc) is 2.36. The predicted octanol–water partition coefficient (Wildman–Crippen LogP) is 3.70. The zero-order chi connectivity index (χ0) is 14.0. The minimum absolute atomic E-state index is 0.0925. The molecule has 0 atom stereocenters. The summed E-state index contributed by atoms with van der Waals surface area (Å²) in [5, 5.41) is 11.1. The molecule has 0 aliphatic heterocycles. The summed E-state index contributed by atoms with van der Waals surface area (Å²) in [4.78, 5) is 12.3. The highest BCUT2D eigenvalue weighted by atomic mass is 35.5. The maximum atomic E-state index is 12.3. The molecule has 19 heavy (non-hydrogen) atoms. The van der Waals surface area contributed by atoms with Crippen LogP contribution in [0.4, 0.5) is 0 Å². The van der Waals surface area contributed by atoms with E-state index in [9.17, 15) is 9.90 Å². The van der Waals surface area contributed by atoms with Crippen LogP contribution in [0.15, 0.2) is 18.2 Å². The lowest BCUT2D eigenvalue weighted by Gasteiger charge is -2.33. The molecule has 0 unspecified atom stereocenters. The maximum Gasteiger partial charge on any atom is 0.168 e.